The molecule has 0 aromatic heterocycles. The number of hydrogen-bond donors (Lipinski definition) is 0. The minimum absolute atomic E-state index is 0. The third-order valence-electron chi connectivity index (χ3n) is 0.558. The van der Waals surface area contributed by atoms with Gasteiger partial charge in [-0.1, -0.05) is 0 Å². The Morgan fingerprint density at radius 2 is 1.45 bits per heavy atom. The summed E-state index contributed by atoms with van der Waals surface area (Å²) in [5.74, 6) is 0. The zero-order valence-electron chi connectivity index (χ0n) is 7.61. The van der Waals surface area contributed by atoms with E-state index in [0.29, 0.717) is 0 Å². The van der Waals surface area contributed by atoms with Crippen molar-refractivity contribution in [3.05, 3.63) is 0 Å². The molecule has 0 unspecified atom stereocenters. The van der Waals surface area contributed by atoms with E-state index in [1.807, 2.05) is 0 Å². The summed E-state index contributed by atoms with van der Waals surface area (Å²) in [4.78, 5) is 0. The van der Waals surface area contributed by atoms with Crippen molar-refractivity contribution in [2.75, 3.05) is 0 Å². The van der Waals surface area contributed by atoms with Crippen LogP contribution in [-0.4, -0.2) is 32.6 Å². The fraction of sp³-hybridized carbons (Fsp3) is 1.00. The van der Waals surface area contributed by atoms with Crippen molar-refractivity contribution >= 4 is 32.6 Å². The smallest absolute Gasteiger partial charge is 1.00 e. The van der Waals surface area contributed by atoms with E-state index in [2.05, 4.69) is 53.4 Å². The molecule has 0 rings (SSSR count). The molecule has 0 aliphatic carbocycles. The molecular weight excluding hydrogens is 209 g/mol. The molecule has 4 heteroatoms. The first-order valence-electron chi connectivity index (χ1n) is 3.60. The maximum atomic E-state index is 2.70. The van der Waals surface area contributed by atoms with Crippen LogP contribution in [0, 0.1) is 0 Å². The average molecular weight is 225 g/mol. The molecule has 0 N–H and O–H groups in total. The van der Waals surface area contributed by atoms with Gasteiger partial charge in [-0.05, 0) is 0 Å². The van der Waals surface area contributed by atoms with E-state index >= 15 is 0 Å². The van der Waals surface area contributed by atoms with E-state index in [1.165, 1.54) is 18.1 Å². The Morgan fingerprint density at radius 3 is 1.45 bits per heavy atom. The van der Waals surface area contributed by atoms with Gasteiger partial charge in [0.05, 0.1) is 0 Å². The van der Waals surface area contributed by atoms with E-state index < -0.39 is 0 Å². The fourth-order valence-electron chi connectivity index (χ4n) is 0.204. The molecule has 0 atom stereocenters. The standard InChI is InChI=1S/C4H9.C3H7.2Al.2ClH/c1-3-4-2;1-3-2;;;;/h1,3-4H2,2H3;3H,1-2H3;;;2*1H/q;;2*+2;;/p-2. The number of unbranched alkanes of at least 4 members (excludes halogenated alkanes) is 1. The van der Waals surface area contributed by atoms with Gasteiger partial charge >= 0.3 is 76.3 Å². The molecule has 0 fully saturated rings. The predicted octanol–water partition coefficient (Wildman–Crippen LogP) is -3.64. The van der Waals surface area contributed by atoms with Gasteiger partial charge in [-0.25, -0.2) is 0 Å². The molecule has 62 valence electrons. The Bertz CT molecular complexity index is 38.7. The van der Waals surface area contributed by atoms with Crippen LogP contribution < -0.4 is 24.8 Å². The Morgan fingerprint density at radius 1 is 1.18 bits per heavy atom. The molecule has 11 heavy (non-hydrogen) atoms. The van der Waals surface area contributed by atoms with Crippen molar-refractivity contribution in [3.8, 4) is 0 Å². The zero-order chi connectivity index (χ0) is 7.70. The summed E-state index contributed by atoms with van der Waals surface area (Å²) in [5.41, 5.74) is 0. The van der Waals surface area contributed by atoms with Crippen LogP contribution >= 0.6 is 0 Å². The molecule has 0 aromatic carbocycles. The Balaban J connectivity index is -0.0000000383. The van der Waals surface area contributed by atoms with Crippen LogP contribution in [0.2, 0.25) is 10.1 Å². The molecule has 0 spiro atoms. The first-order valence-corrected chi connectivity index (χ1v) is 5.09. The SMILES string of the molecule is CCC[CH2][Al+2].C[CH](C)[Al+2].[Cl-].[Cl-]. The Hall–Kier alpha value is 1.64. The monoisotopic (exact) mass is 224 g/mol. The molecule has 0 heterocycles. The van der Waals surface area contributed by atoms with E-state index in [1.54, 1.807) is 0 Å². The first-order chi connectivity index (χ1) is 4.15. The van der Waals surface area contributed by atoms with E-state index in [-0.39, 0.29) is 24.8 Å². The summed E-state index contributed by atoms with van der Waals surface area (Å²) in [6.45, 7) is 6.46. The van der Waals surface area contributed by atoms with Gasteiger partial charge in [0.1, 0.15) is 0 Å². The molecule has 0 nitrogen and oxygen atoms in total. The summed E-state index contributed by atoms with van der Waals surface area (Å²) in [6, 6.07) is 0. The van der Waals surface area contributed by atoms with Crippen molar-refractivity contribution in [2.24, 2.45) is 0 Å². The molecule has 0 saturated heterocycles. The summed E-state index contributed by atoms with van der Waals surface area (Å²) in [7, 11) is 0. The molecular formula is C7H16Al2Cl2+2. The number of rotatable bonds is 2. The Labute approximate surface area is 101 Å². The van der Waals surface area contributed by atoms with Crippen LogP contribution in [0.15, 0.2) is 0 Å². The second-order valence-electron chi connectivity index (χ2n) is 2.39. The van der Waals surface area contributed by atoms with Gasteiger partial charge in [0.25, 0.3) is 0 Å². The normalized spacial score (nSPS) is 7.27. The van der Waals surface area contributed by atoms with E-state index in [0.717, 1.165) is 4.78 Å². The largest absolute Gasteiger partial charge is 1.00 e. The van der Waals surface area contributed by atoms with Gasteiger partial charge in [-0.15, -0.1) is 0 Å². The third kappa shape index (κ3) is 81.5. The van der Waals surface area contributed by atoms with Crippen molar-refractivity contribution in [1.82, 2.24) is 0 Å². The zero-order valence-corrected chi connectivity index (χ0v) is 11.4. The third-order valence-corrected chi connectivity index (χ3v) is 0.966. The van der Waals surface area contributed by atoms with Gasteiger partial charge < -0.3 is 24.8 Å². The van der Waals surface area contributed by atoms with Gasteiger partial charge in [0.2, 0.25) is 0 Å². The van der Waals surface area contributed by atoms with Crippen molar-refractivity contribution < 1.29 is 24.8 Å². The summed E-state index contributed by atoms with van der Waals surface area (Å²) in [6.07, 6.45) is 2.67. The minimum Gasteiger partial charge on any atom is -1.00 e. The van der Waals surface area contributed by atoms with Crippen LogP contribution in [0.4, 0.5) is 0 Å². The minimum atomic E-state index is 0. The van der Waals surface area contributed by atoms with Crippen molar-refractivity contribution in [2.45, 2.75) is 43.7 Å². The fourth-order valence-corrected chi connectivity index (χ4v) is 0.612. The topological polar surface area (TPSA) is 0 Å². The van der Waals surface area contributed by atoms with Gasteiger partial charge in [-0.2, -0.15) is 0 Å². The van der Waals surface area contributed by atoms with E-state index in [9.17, 15) is 0 Å². The summed E-state index contributed by atoms with van der Waals surface area (Å²) < 4.78 is 0.750. The average Bonchev–Trinajstić information content (AvgIpc) is 1.66. The van der Waals surface area contributed by atoms with Crippen LogP contribution in [0.5, 0.6) is 0 Å². The molecule has 0 saturated carbocycles. The van der Waals surface area contributed by atoms with Crippen molar-refractivity contribution in [1.29, 1.82) is 0 Å². The van der Waals surface area contributed by atoms with Crippen LogP contribution in [0.3, 0.4) is 0 Å². The second-order valence-corrected chi connectivity index (χ2v) is 4.30. The van der Waals surface area contributed by atoms with E-state index in [4.69, 9.17) is 0 Å². The molecule has 0 aliphatic rings. The first kappa shape index (κ1) is 22.9. The molecule has 0 radical (unpaired) electrons. The number of hydrogen-bond acceptors (Lipinski definition) is 0. The summed E-state index contributed by atoms with van der Waals surface area (Å²) >= 11 is 5.36. The molecule has 0 bridgehead atoms. The number of halogens is 2. The Kier molecular flexibility index (Phi) is 47.1. The van der Waals surface area contributed by atoms with Crippen LogP contribution in [-0.2, 0) is 0 Å². The molecule has 0 aliphatic heterocycles. The van der Waals surface area contributed by atoms with Gasteiger partial charge in [0.15, 0.2) is 0 Å². The van der Waals surface area contributed by atoms with Gasteiger partial charge in [0, 0.05) is 0 Å². The van der Waals surface area contributed by atoms with Crippen LogP contribution in [0.25, 0.3) is 0 Å². The molecule has 0 amide bonds. The predicted molar refractivity (Wildman–Crippen MR) is 46.3 cm³/mol. The molecule has 0 aromatic rings. The van der Waals surface area contributed by atoms with Gasteiger partial charge in [-0.3, -0.25) is 0 Å². The summed E-state index contributed by atoms with van der Waals surface area (Å²) in [5, 5.41) is 1.26. The van der Waals surface area contributed by atoms with Crippen molar-refractivity contribution in [3.63, 3.8) is 0 Å². The van der Waals surface area contributed by atoms with Crippen LogP contribution in [0.1, 0.15) is 33.6 Å². The quantitative estimate of drug-likeness (QED) is 0.425. The maximum absolute atomic E-state index is 2.70. The second kappa shape index (κ2) is 22.6. The maximum Gasteiger partial charge on any atom is -1.00 e.